The Hall–Kier alpha value is -2.71. The minimum absolute atomic E-state index is 0.0326. The number of hydrogen-bond acceptors (Lipinski definition) is 4. The second-order valence-corrected chi connectivity index (χ2v) is 5.69. The van der Waals surface area contributed by atoms with E-state index in [0.29, 0.717) is 5.56 Å². The number of hydrogen-bond donors (Lipinski definition) is 0. The molecule has 114 valence electrons. The van der Waals surface area contributed by atoms with Crippen LogP contribution in [0.4, 0.5) is 0 Å². The Balaban J connectivity index is 1.92. The van der Waals surface area contributed by atoms with Gasteiger partial charge in [0.15, 0.2) is 6.23 Å². The molecule has 0 N–H and O–H groups in total. The summed E-state index contributed by atoms with van der Waals surface area (Å²) in [5.74, 6) is 0. The van der Waals surface area contributed by atoms with Gasteiger partial charge in [0.2, 0.25) is 0 Å². The number of fused-ring (bicyclic) bond motifs is 1. The van der Waals surface area contributed by atoms with Crippen LogP contribution in [0.2, 0.25) is 0 Å². The minimum Gasteiger partial charge on any atom is -0.356 e. The average Bonchev–Trinajstić information content (AvgIpc) is 3.02. The zero-order valence-electron chi connectivity index (χ0n) is 12.6. The summed E-state index contributed by atoms with van der Waals surface area (Å²) in [6, 6.07) is 11.8. The Morgan fingerprint density at radius 2 is 2.04 bits per heavy atom. The third kappa shape index (κ3) is 2.47. The molecule has 1 aromatic carbocycles. The molecule has 1 unspecified atom stereocenters. The number of nitrogens with zero attached hydrogens (tertiary/aromatic N) is 4. The predicted molar refractivity (Wildman–Crippen MR) is 86.5 cm³/mol. The lowest BCUT2D eigenvalue weighted by molar-refractivity contribution is -0.0365. The molecular formula is C18H16N4O. The van der Waals surface area contributed by atoms with Crippen LogP contribution in [0.3, 0.4) is 0 Å². The Morgan fingerprint density at radius 3 is 2.78 bits per heavy atom. The number of nitriles is 1. The summed E-state index contributed by atoms with van der Waals surface area (Å²) in [5.41, 5.74) is 3.50. The van der Waals surface area contributed by atoms with Crippen molar-refractivity contribution in [3.63, 3.8) is 0 Å². The van der Waals surface area contributed by atoms with Crippen molar-refractivity contribution in [1.82, 2.24) is 14.8 Å². The van der Waals surface area contributed by atoms with Crippen molar-refractivity contribution in [1.29, 1.82) is 5.26 Å². The molecule has 3 aromatic rings. The van der Waals surface area contributed by atoms with E-state index in [2.05, 4.69) is 11.1 Å². The highest BCUT2D eigenvalue weighted by Gasteiger charge is 2.21. The van der Waals surface area contributed by atoms with Gasteiger partial charge in [-0.25, -0.2) is 4.68 Å². The third-order valence-corrected chi connectivity index (χ3v) is 4.22. The average molecular weight is 304 g/mol. The molecule has 1 fully saturated rings. The summed E-state index contributed by atoms with van der Waals surface area (Å²) in [6.07, 6.45) is 6.69. The largest absolute Gasteiger partial charge is 0.356 e. The number of pyridine rings is 1. The molecule has 0 saturated carbocycles. The van der Waals surface area contributed by atoms with E-state index in [9.17, 15) is 5.26 Å². The van der Waals surface area contributed by atoms with Crippen LogP contribution in [-0.4, -0.2) is 21.4 Å². The number of rotatable bonds is 2. The van der Waals surface area contributed by atoms with Gasteiger partial charge in [-0.1, -0.05) is 0 Å². The molecule has 0 bridgehead atoms. The smallest absolute Gasteiger partial charge is 0.150 e. The van der Waals surface area contributed by atoms with Gasteiger partial charge < -0.3 is 4.74 Å². The van der Waals surface area contributed by atoms with Crippen LogP contribution < -0.4 is 0 Å². The quantitative estimate of drug-likeness (QED) is 0.724. The van der Waals surface area contributed by atoms with Gasteiger partial charge in [0.1, 0.15) is 5.69 Å². The highest BCUT2D eigenvalue weighted by molar-refractivity contribution is 5.94. The Labute approximate surface area is 134 Å². The highest BCUT2D eigenvalue weighted by atomic mass is 16.5. The Kier molecular flexibility index (Phi) is 3.52. The third-order valence-electron chi connectivity index (χ3n) is 4.22. The van der Waals surface area contributed by atoms with E-state index in [0.717, 1.165) is 48.0 Å². The second-order valence-electron chi connectivity index (χ2n) is 5.69. The van der Waals surface area contributed by atoms with Gasteiger partial charge >= 0.3 is 0 Å². The first-order chi connectivity index (χ1) is 11.4. The topological polar surface area (TPSA) is 63.7 Å². The van der Waals surface area contributed by atoms with E-state index in [1.807, 2.05) is 35.0 Å². The second kappa shape index (κ2) is 5.82. The summed E-state index contributed by atoms with van der Waals surface area (Å²) >= 11 is 0. The van der Waals surface area contributed by atoms with Gasteiger partial charge in [0, 0.05) is 30.0 Å². The van der Waals surface area contributed by atoms with Gasteiger partial charge in [0.25, 0.3) is 0 Å². The summed E-state index contributed by atoms with van der Waals surface area (Å²) < 4.78 is 7.86. The predicted octanol–water partition coefficient (Wildman–Crippen LogP) is 3.67. The van der Waals surface area contributed by atoms with Gasteiger partial charge in [-0.15, -0.1) is 0 Å². The van der Waals surface area contributed by atoms with Crippen LogP contribution in [0, 0.1) is 11.3 Å². The Morgan fingerprint density at radius 1 is 1.17 bits per heavy atom. The first-order valence-corrected chi connectivity index (χ1v) is 7.81. The molecule has 0 spiro atoms. The van der Waals surface area contributed by atoms with Gasteiger partial charge in [0.05, 0.1) is 17.1 Å². The number of ether oxygens (including phenoxy) is 1. The van der Waals surface area contributed by atoms with Crippen molar-refractivity contribution in [3.05, 3.63) is 48.3 Å². The van der Waals surface area contributed by atoms with Gasteiger partial charge in [-0.3, -0.25) is 4.98 Å². The van der Waals surface area contributed by atoms with Crippen LogP contribution in [0.1, 0.15) is 31.1 Å². The summed E-state index contributed by atoms with van der Waals surface area (Å²) in [7, 11) is 0. The van der Waals surface area contributed by atoms with Crippen molar-refractivity contribution in [2.24, 2.45) is 0 Å². The summed E-state index contributed by atoms with van der Waals surface area (Å²) in [5, 5.41) is 15.0. The lowest BCUT2D eigenvalue weighted by Gasteiger charge is -2.23. The molecule has 0 radical (unpaired) electrons. The van der Waals surface area contributed by atoms with E-state index >= 15 is 0 Å². The van der Waals surface area contributed by atoms with Crippen LogP contribution >= 0.6 is 0 Å². The zero-order chi connectivity index (χ0) is 15.6. The fraction of sp³-hybridized carbons (Fsp3) is 0.278. The highest BCUT2D eigenvalue weighted by Crippen LogP contribution is 2.33. The summed E-state index contributed by atoms with van der Waals surface area (Å²) in [4.78, 5) is 4.07. The van der Waals surface area contributed by atoms with Crippen molar-refractivity contribution in [2.75, 3.05) is 6.61 Å². The lowest BCUT2D eigenvalue weighted by Crippen LogP contribution is -2.19. The lowest BCUT2D eigenvalue weighted by atomic mass is 10.1. The maximum absolute atomic E-state index is 9.20. The minimum atomic E-state index is -0.0326. The first kappa shape index (κ1) is 13.9. The maximum atomic E-state index is 9.20. The Bertz CT molecular complexity index is 873. The molecular weight excluding hydrogens is 288 g/mol. The number of aromatic nitrogens is 3. The van der Waals surface area contributed by atoms with Crippen molar-refractivity contribution < 1.29 is 4.74 Å². The van der Waals surface area contributed by atoms with Crippen molar-refractivity contribution in [3.8, 4) is 17.3 Å². The van der Waals surface area contributed by atoms with Gasteiger partial charge in [-0.2, -0.15) is 10.4 Å². The monoisotopic (exact) mass is 304 g/mol. The number of benzene rings is 1. The normalized spacial score (nSPS) is 18.0. The SMILES string of the molecule is N#Cc1ccc2c(c1)c(-c1ccncc1)nn2C1CCCCO1. The van der Waals surface area contributed by atoms with Crippen LogP contribution in [0.15, 0.2) is 42.7 Å². The molecule has 1 saturated heterocycles. The van der Waals surface area contributed by atoms with E-state index in [4.69, 9.17) is 9.84 Å². The maximum Gasteiger partial charge on any atom is 0.150 e. The van der Waals surface area contributed by atoms with Crippen LogP contribution in [0.5, 0.6) is 0 Å². The first-order valence-electron chi connectivity index (χ1n) is 7.81. The summed E-state index contributed by atoms with van der Waals surface area (Å²) in [6.45, 7) is 0.771. The molecule has 4 rings (SSSR count). The van der Waals surface area contributed by atoms with E-state index in [-0.39, 0.29) is 6.23 Å². The van der Waals surface area contributed by atoms with Crippen LogP contribution in [0.25, 0.3) is 22.2 Å². The van der Waals surface area contributed by atoms with E-state index in [1.54, 1.807) is 12.4 Å². The molecule has 2 aromatic heterocycles. The zero-order valence-corrected chi connectivity index (χ0v) is 12.6. The van der Waals surface area contributed by atoms with Crippen LogP contribution in [-0.2, 0) is 4.74 Å². The molecule has 5 nitrogen and oxygen atoms in total. The molecule has 23 heavy (non-hydrogen) atoms. The molecule has 1 aliphatic rings. The fourth-order valence-corrected chi connectivity index (χ4v) is 3.07. The molecule has 5 heteroatoms. The standard InChI is InChI=1S/C18H16N4O/c19-12-13-4-5-16-15(11-13)18(14-6-8-20-9-7-14)21-22(16)17-3-1-2-10-23-17/h4-9,11,17H,1-3,10H2. The van der Waals surface area contributed by atoms with E-state index in [1.165, 1.54) is 0 Å². The fourth-order valence-electron chi connectivity index (χ4n) is 3.07. The molecule has 0 amide bonds. The molecule has 1 atom stereocenters. The van der Waals surface area contributed by atoms with Gasteiger partial charge in [-0.05, 0) is 49.6 Å². The molecule has 3 heterocycles. The molecule has 0 aliphatic carbocycles. The van der Waals surface area contributed by atoms with E-state index < -0.39 is 0 Å². The van der Waals surface area contributed by atoms with Crippen molar-refractivity contribution >= 4 is 10.9 Å². The molecule has 1 aliphatic heterocycles. The van der Waals surface area contributed by atoms with Crippen molar-refractivity contribution in [2.45, 2.75) is 25.5 Å².